The van der Waals surface area contributed by atoms with Gasteiger partial charge in [0.05, 0.1) is 6.10 Å². The van der Waals surface area contributed by atoms with Gasteiger partial charge in [-0.25, -0.2) is 0 Å². The van der Waals surface area contributed by atoms with Gasteiger partial charge in [-0.15, -0.1) is 0 Å². The molecule has 1 unspecified atom stereocenters. The molecule has 1 atom stereocenters. The molecule has 1 heterocycles. The monoisotopic (exact) mass is 278 g/mol. The van der Waals surface area contributed by atoms with Gasteiger partial charge in [0.25, 0.3) is 0 Å². The molecule has 0 amide bonds. The Bertz CT molecular complexity index is 413. The Balaban J connectivity index is 1.91. The second-order valence-corrected chi connectivity index (χ2v) is 5.46. The lowest BCUT2D eigenvalue weighted by Gasteiger charge is -2.23. The maximum Gasteiger partial charge on any atom is 0.103 e. The second-order valence-electron chi connectivity index (χ2n) is 5.02. The molecular formula is C15H22N2OS. The van der Waals surface area contributed by atoms with Crippen LogP contribution in [0.4, 0.5) is 0 Å². The predicted octanol–water partition coefficient (Wildman–Crippen LogP) is 2.32. The minimum absolute atomic E-state index is 0.413. The molecule has 1 aromatic rings. The lowest BCUT2D eigenvalue weighted by molar-refractivity contribution is 0.0725. The Kier molecular flexibility index (Phi) is 5.31. The standard InChI is InChI=1S/C15H22N2OS/c1-2-17(11-14-4-3-9-18-14)10-12-5-7-13(8-6-12)15(16)19/h5-8,14H,2-4,9-11H2,1H3,(H2,16,19). The van der Waals surface area contributed by atoms with Gasteiger partial charge in [0.15, 0.2) is 0 Å². The van der Waals surface area contributed by atoms with Gasteiger partial charge in [-0.1, -0.05) is 43.4 Å². The van der Waals surface area contributed by atoms with E-state index in [0.29, 0.717) is 11.1 Å². The van der Waals surface area contributed by atoms with Crippen molar-refractivity contribution in [2.45, 2.75) is 32.4 Å². The van der Waals surface area contributed by atoms with E-state index in [1.165, 1.54) is 18.4 Å². The first-order valence-electron chi connectivity index (χ1n) is 6.91. The van der Waals surface area contributed by atoms with Gasteiger partial charge >= 0.3 is 0 Å². The molecule has 0 aromatic heterocycles. The fourth-order valence-corrected chi connectivity index (χ4v) is 2.55. The fourth-order valence-electron chi connectivity index (χ4n) is 2.41. The van der Waals surface area contributed by atoms with Crippen molar-refractivity contribution in [2.75, 3.05) is 19.7 Å². The van der Waals surface area contributed by atoms with Crippen molar-refractivity contribution in [3.8, 4) is 0 Å². The van der Waals surface area contributed by atoms with Crippen LogP contribution in [0.1, 0.15) is 30.9 Å². The molecule has 3 nitrogen and oxygen atoms in total. The van der Waals surface area contributed by atoms with E-state index in [-0.39, 0.29) is 0 Å². The normalized spacial score (nSPS) is 18.9. The molecule has 1 fully saturated rings. The molecule has 1 aliphatic heterocycles. The summed E-state index contributed by atoms with van der Waals surface area (Å²) >= 11 is 4.96. The van der Waals surface area contributed by atoms with Crippen LogP contribution >= 0.6 is 12.2 Å². The highest BCUT2D eigenvalue weighted by Gasteiger charge is 2.18. The van der Waals surface area contributed by atoms with Crippen LogP contribution < -0.4 is 5.73 Å². The zero-order chi connectivity index (χ0) is 13.7. The van der Waals surface area contributed by atoms with Gasteiger partial charge < -0.3 is 10.5 Å². The highest BCUT2D eigenvalue weighted by atomic mass is 32.1. The zero-order valence-electron chi connectivity index (χ0n) is 11.5. The fraction of sp³-hybridized carbons (Fsp3) is 0.533. The summed E-state index contributed by atoms with van der Waals surface area (Å²) in [5, 5.41) is 0. The average molecular weight is 278 g/mol. The van der Waals surface area contributed by atoms with Crippen LogP contribution in [0.2, 0.25) is 0 Å². The van der Waals surface area contributed by atoms with Crippen LogP contribution in [0.3, 0.4) is 0 Å². The van der Waals surface area contributed by atoms with Gasteiger partial charge in [0, 0.05) is 25.3 Å². The van der Waals surface area contributed by atoms with Gasteiger partial charge in [0.2, 0.25) is 0 Å². The topological polar surface area (TPSA) is 38.5 Å². The minimum Gasteiger partial charge on any atom is -0.389 e. The van der Waals surface area contributed by atoms with Crippen molar-refractivity contribution >= 4 is 17.2 Å². The summed E-state index contributed by atoms with van der Waals surface area (Å²) in [6.07, 6.45) is 2.80. The molecule has 2 rings (SSSR count). The Morgan fingerprint density at radius 1 is 1.42 bits per heavy atom. The molecule has 0 saturated carbocycles. The maximum absolute atomic E-state index is 5.70. The molecule has 4 heteroatoms. The van der Waals surface area contributed by atoms with E-state index in [9.17, 15) is 0 Å². The molecular weight excluding hydrogens is 256 g/mol. The summed E-state index contributed by atoms with van der Waals surface area (Å²) in [5.41, 5.74) is 7.83. The lowest BCUT2D eigenvalue weighted by atomic mass is 10.1. The number of likely N-dealkylation sites (N-methyl/N-ethyl adjacent to an activating group) is 1. The Hall–Kier alpha value is -0.970. The minimum atomic E-state index is 0.413. The van der Waals surface area contributed by atoms with E-state index in [0.717, 1.165) is 31.8 Å². The smallest absolute Gasteiger partial charge is 0.103 e. The van der Waals surface area contributed by atoms with Crippen LogP contribution in [-0.2, 0) is 11.3 Å². The molecule has 0 aliphatic carbocycles. The Morgan fingerprint density at radius 3 is 2.68 bits per heavy atom. The number of ether oxygens (including phenoxy) is 1. The van der Waals surface area contributed by atoms with Gasteiger partial charge in [-0.2, -0.15) is 0 Å². The van der Waals surface area contributed by atoms with E-state index in [1.807, 2.05) is 12.1 Å². The SMILES string of the molecule is CCN(Cc1ccc(C(N)=S)cc1)CC1CCCO1. The molecule has 1 saturated heterocycles. The number of hydrogen-bond acceptors (Lipinski definition) is 3. The van der Waals surface area contributed by atoms with Gasteiger partial charge in [-0.05, 0) is 24.9 Å². The summed E-state index contributed by atoms with van der Waals surface area (Å²) in [7, 11) is 0. The Labute approximate surface area is 120 Å². The number of benzene rings is 1. The molecule has 0 spiro atoms. The number of nitrogens with two attached hydrogens (primary N) is 1. The third-order valence-electron chi connectivity index (χ3n) is 3.58. The van der Waals surface area contributed by atoms with Crippen LogP contribution in [0.15, 0.2) is 24.3 Å². The largest absolute Gasteiger partial charge is 0.389 e. The van der Waals surface area contributed by atoms with E-state index in [1.54, 1.807) is 0 Å². The van der Waals surface area contributed by atoms with Crippen molar-refractivity contribution in [2.24, 2.45) is 5.73 Å². The first-order chi connectivity index (χ1) is 9.19. The molecule has 1 aliphatic rings. The van der Waals surface area contributed by atoms with Crippen molar-refractivity contribution in [1.82, 2.24) is 4.90 Å². The summed E-state index contributed by atoms with van der Waals surface area (Å²) in [6.45, 7) is 6.13. The average Bonchev–Trinajstić information content (AvgIpc) is 2.91. The van der Waals surface area contributed by atoms with Crippen LogP contribution in [0.5, 0.6) is 0 Å². The first-order valence-corrected chi connectivity index (χ1v) is 7.32. The maximum atomic E-state index is 5.70. The molecule has 19 heavy (non-hydrogen) atoms. The highest BCUT2D eigenvalue weighted by molar-refractivity contribution is 7.80. The first kappa shape index (κ1) is 14.4. The lowest BCUT2D eigenvalue weighted by Crippen LogP contribution is -2.31. The number of thiocarbonyl (C=S) groups is 1. The Morgan fingerprint density at radius 2 is 2.16 bits per heavy atom. The third kappa shape index (κ3) is 4.27. The van der Waals surface area contributed by atoms with E-state index < -0.39 is 0 Å². The molecule has 2 N–H and O–H groups in total. The van der Waals surface area contributed by atoms with Crippen molar-refractivity contribution in [1.29, 1.82) is 0 Å². The zero-order valence-corrected chi connectivity index (χ0v) is 12.3. The van der Waals surface area contributed by atoms with E-state index >= 15 is 0 Å². The van der Waals surface area contributed by atoms with E-state index in [4.69, 9.17) is 22.7 Å². The summed E-state index contributed by atoms with van der Waals surface area (Å²) in [4.78, 5) is 2.88. The molecule has 0 radical (unpaired) electrons. The summed E-state index contributed by atoms with van der Waals surface area (Å²) < 4.78 is 5.70. The van der Waals surface area contributed by atoms with Crippen molar-refractivity contribution < 1.29 is 4.74 Å². The summed E-state index contributed by atoms with van der Waals surface area (Å²) in [6, 6.07) is 8.20. The van der Waals surface area contributed by atoms with Crippen molar-refractivity contribution in [3.63, 3.8) is 0 Å². The highest BCUT2D eigenvalue weighted by Crippen LogP contribution is 2.15. The summed E-state index contributed by atoms with van der Waals surface area (Å²) in [5.74, 6) is 0. The van der Waals surface area contributed by atoms with Gasteiger partial charge in [-0.3, -0.25) is 4.90 Å². The quantitative estimate of drug-likeness (QED) is 0.811. The second kappa shape index (κ2) is 6.98. The number of rotatable bonds is 6. The number of nitrogens with zero attached hydrogens (tertiary/aromatic N) is 1. The molecule has 0 bridgehead atoms. The van der Waals surface area contributed by atoms with Crippen LogP contribution in [0, 0.1) is 0 Å². The van der Waals surface area contributed by atoms with E-state index in [2.05, 4.69) is 24.0 Å². The van der Waals surface area contributed by atoms with Crippen LogP contribution in [0.25, 0.3) is 0 Å². The molecule has 104 valence electrons. The van der Waals surface area contributed by atoms with Crippen molar-refractivity contribution in [3.05, 3.63) is 35.4 Å². The molecule has 1 aromatic carbocycles. The van der Waals surface area contributed by atoms with Gasteiger partial charge in [0.1, 0.15) is 4.99 Å². The number of hydrogen-bond donors (Lipinski definition) is 1. The third-order valence-corrected chi connectivity index (χ3v) is 3.81. The predicted molar refractivity (Wildman–Crippen MR) is 82.3 cm³/mol. The van der Waals surface area contributed by atoms with Crippen LogP contribution in [-0.4, -0.2) is 35.7 Å².